The van der Waals surface area contributed by atoms with Crippen molar-refractivity contribution in [1.29, 1.82) is 0 Å². The first kappa shape index (κ1) is 28.2. The fourth-order valence-corrected chi connectivity index (χ4v) is 3.48. The molecule has 1 amide bonds. The van der Waals surface area contributed by atoms with Crippen LogP contribution in [0.4, 0.5) is 11.4 Å². The molecule has 1 unspecified atom stereocenters. The Labute approximate surface area is 214 Å². The molecular weight excluding hydrogens is 497 g/mol. The van der Waals surface area contributed by atoms with E-state index in [0.29, 0.717) is 42.9 Å². The minimum absolute atomic E-state index is 0.245. The van der Waals surface area contributed by atoms with E-state index in [9.17, 15) is 9.59 Å². The third-order valence-electron chi connectivity index (χ3n) is 4.41. The molecule has 1 N–H and O–H groups in total. The lowest BCUT2D eigenvalue weighted by molar-refractivity contribution is -0.126. The van der Waals surface area contributed by atoms with Crippen molar-refractivity contribution >= 4 is 46.3 Å². The Morgan fingerprint density at radius 3 is 2.06 bits per heavy atom. The van der Waals surface area contributed by atoms with Crippen LogP contribution in [0.3, 0.4) is 0 Å². The summed E-state index contributed by atoms with van der Waals surface area (Å²) in [5.74, 6) is 0.0198. The van der Waals surface area contributed by atoms with Crippen molar-refractivity contribution in [2.45, 2.75) is 40.7 Å². The second-order valence-corrected chi connectivity index (χ2v) is 7.77. The van der Waals surface area contributed by atoms with Crippen LogP contribution >= 0.6 is 23.2 Å². The highest BCUT2D eigenvalue weighted by molar-refractivity contribution is 6.33. The summed E-state index contributed by atoms with van der Waals surface area (Å²) in [5.41, 5.74) is 0.504. The molecule has 1 atom stereocenters. The number of hydrogen-bond acceptors (Lipinski definition) is 8. The second kappa shape index (κ2) is 13.7. The van der Waals surface area contributed by atoms with Crippen molar-refractivity contribution in [3.8, 4) is 23.0 Å². The van der Waals surface area contributed by atoms with E-state index < -0.39 is 17.7 Å². The van der Waals surface area contributed by atoms with E-state index in [0.717, 1.165) is 0 Å². The van der Waals surface area contributed by atoms with Gasteiger partial charge in [0.25, 0.3) is 5.91 Å². The highest BCUT2D eigenvalue weighted by atomic mass is 35.5. The maximum atomic E-state index is 13.0. The number of hydrogen-bond donors (Lipinski definition) is 1. The highest BCUT2D eigenvalue weighted by Gasteiger charge is 2.26. The Kier molecular flexibility index (Phi) is 11.1. The summed E-state index contributed by atoms with van der Waals surface area (Å²) in [6.45, 7) is 9.82. The van der Waals surface area contributed by atoms with Crippen LogP contribution in [-0.4, -0.2) is 44.2 Å². The Bertz CT molecular complexity index is 1080. The van der Waals surface area contributed by atoms with Gasteiger partial charge in [0.15, 0.2) is 23.0 Å². The van der Waals surface area contributed by atoms with E-state index >= 15 is 0 Å². The summed E-state index contributed by atoms with van der Waals surface area (Å²) in [4.78, 5) is 25.3. The Morgan fingerprint density at radius 1 is 0.857 bits per heavy atom. The zero-order chi connectivity index (χ0) is 26.0. The summed E-state index contributed by atoms with van der Waals surface area (Å²) < 4.78 is 22.3. The van der Waals surface area contributed by atoms with Crippen LogP contribution in [0.2, 0.25) is 10.0 Å². The Hall–Kier alpha value is -3.04. The third-order valence-corrected chi connectivity index (χ3v) is 4.99. The SMILES string of the molecule is CCOc1cc(Cl)c(OCC)c(NC(=O)C(N=Nc2ccc(Cl)c(OCC)c2OCC)C(C)=O)c1. The molecule has 35 heavy (non-hydrogen) atoms. The molecule has 0 spiro atoms. The van der Waals surface area contributed by atoms with Gasteiger partial charge in [-0.05, 0) is 46.8 Å². The van der Waals surface area contributed by atoms with E-state index in [1.165, 1.54) is 6.92 Å². The number of amides is 1. The fraction of sp³-hybridized carbons (Fsp3) is 0.417. The van der Waals surface area contributed by atoms with Crippen LogP contribution in [0.1, 0.15) is 34.6 Å². The number of rotatable bonds is 13. The highest BCUT2D eigenvalue weighted by Crippen LogP contribution is 2.43. The van der Waals surface area contributed by atoms with E-state index in [4.69, 9.17) is 42.1 Å². The van der Waals surface area contributed by atoms with Crippen molar-refractivity contribution in [3.63, 3.8) is 0 Å². The molecule has 2 aromatic carbocycles. The average molecular weight is 526 g/mol. The van der Waals surface area contributed by atoms with Gasteiger partial charge in [0.2, 0.25) is 6.04 Å². The van der Waals surface area contributed by atoms with Crippen LogP contribution in [0.25, 0.3) is 0 Å². The van der Waals surface area contributed by atoms with E-state index in [-0.39, 0.29) is 27.9 Å². The molecule has 0 radical (unpaired) electrons. The van der Waals surface area contributed by atoms with Gasteiger partial charge in [-0.3, -0.25) is 9.59 Å². The lowest BCUT2D eigenvalue weighted by Crippen LogP contribution is -2.32. The van der Waals surface area contributed by atoms with Gasteiger partial charge >= 0.3 is 0 Å². The molecule has 9 nitrogen and oxygen atoms in total. The molecule has 2 rings (SSSR count). The molecule has 0 saturated heterocycles. The first-order valence-electron chi connectivity index (χ1n) is 11.2. The first-order chi connectivity index (χ1) is 16.8. The first-order valence-corrected chi connectivity index (χ1v) is 11.9. The van der Waals surface area contributed by atoms with Gasteiger partial charge in [0.1, 0.15) is 11.4 Å². The van der Waals surface area contributed by atoms with Crippen molar-refractivity contribution < 1.29 is 28.5 Å². The summed E-state index contributed by atoms with van der Waals surface area (Å²) in [7, 11) is 0. The largest absolute Gasteiger partial charge is 0.494 e. The fourth-order valence-electron chi connectivity index (χ4n) is 3.01. The number of Topliss-reactive ketones (excluding diaryl/α,β-unsaturated/α-hetero) is 1. The average Bonchev–Trinajstić information content (AvgIpc) is 2.80. The van der Waals surface area contributed by atoms with Gasteiger partial charge in [0, 0.05) is 12.1 Å². The summed E-state index contributed by atoms with van der Waals surface area (Å²) in [6, 6.07) is 4.83. The molecule has 0 aliphatic carbocycles. The topological polar surface area (TPSA) is 108 Å². The number of halogens is 2. The molecule has 0 aromatic heterocycles. The minimum atomic E-state index is -1.44. The predicted octanol–water partition coefficient (Wildman–Crippen LogP) is 6.27. The Morgan fingerprint density at radius 2 is 1.46 bits per heavy atom. The number of nitrogens with zero attached hydrogens (tertiary/aromatic N) is 2. The lowest BCUT2D eigenvalue weighted by Gasteiger charge is -2.17. The third kappa shape index (κ3) is 7.47. The normalized spacial score (nSPS) is 11.7. The molecular formula is C24H29Cl2N3O6. The van der Waals surface area contributed by atoms with Crippen molar-refractivity contribution in [3.05, 3.63) is 34.3 Å². The van der Waals surface area contributed by atoms with E-state index in [2.05, 4.69) is 15.5 Å². The molecule has 2 aromatic rings. The van der Waals surface area contributed by atoms with Gasteiger partial charge in [-0.15, -0.1) is 0 Å². The van der Waals surface area contributed by atoms with E-state index in [1.54, 1.807) is 45.0 Å². The number of carbonyl (C=O) groups excluding carboxylic acids is 2. The quantitative estimate of drug-likeness (QED) is 0.244. The molecule has 0 fully saturated rings. The number of anilines is 1. The van der Waals surface area contributed by atoms with Gasteiger partial charge in [-0.1, -0.05) is 23.2 Å². The number of ketones is 1. The molecule has 0 saturated carbocycles. The van der Waals surface area contributed by atoms with Crippen molar-refractivity contribution in [1.82, 2.24) is 0 Å². The molecule has 0 aliphatic heterocycles. The van der Waals surface area contributed by atoms with Gasteiger partial charge in [-0.2, -0.15) is 10.2 Å². The second-order valence-electron chi connectivity index (χ2n) is 6.96. The van der Waals surface area contributed by atoms with Crippen LogP contribution in [-0.2, 0) is 9.59 Å². The maximum Gasteiger partial charge on any atom is 0.258 e. The number of azo groups is 1. The van der Waals surface area contributed by atoms with Crippen LogP contribution < -0.4 is 24.3 Å². The smallest absolute Gasteiger partial charge is 0.258 e. The molecule has 190 valence electrons. The lowest BCUT2D eigenvalue weighted by atomic mass is 10.2. The van der Waals surface area contributed by atoms with Crippen LogP contribution in [0.5, 0.6) is 23.0 Å². The van der Waals surface area contributed by atoms with Gasteiger partial charge in [0.05, 0.1) is 42.2 Å². The Balaban J connectivity index is 2.41. The van der Waals surface area contributed by atoms with Gasteiger partial charge in [-0.25, -0.2) is 0 Å². The maximum absolute atomic E-state index is 13.0. The minimum Gasteiger partial charge on any atom is -0.494 e. The monoisotopic (exact) mass is 525 g/mol. The number of benzene rings is 2. The number of carbonyl (C=O) groups is 2. The predicted molar refractivity (Wildman–Crippen MR) is 135 cm³/mol. The van der Waals surface area contributed by atoms with E-state index in [1.807, 2.05) is 6.92 Å². The summed E-state index contributed by atoms with van der Waals surface area (Å²) >= 11 is 12.5. The van der Waals surface area contributed by atoms with Gasteiger partial charge < -0.3 is 24.3 Å². The molecule has 0 bridgehead atoms. The standard InChI is InChI=1S/C24H29Cl2N3O6/c1-6-32-15-12-17(26)21(33-7-2)19(13-15)27-24(31)20(14(5)30)29-28-18-11-10-16(25)22(34-8-3)23(18)35-9-4/h10-13,20H,6-9H2,1-5H3,(H,27,31). The zero-order valence-corrected chi connectivity index (χ0v) is 21.8. The summed E-state index contributed by atoms with van der Waals surface area (Å²) in [5, 5.41) is 11.4. The molecule has 11 heteroatoms. The van der Waals surface area contributed by atoms with Crippen molar-refractivity contribution in [2.75, 3.05) is 31.7 Å². The zero-order valence-electron chi connectivity index (χ0n) is 20.3. The number of ether oxygens (including phenoxy) is 4. The summed E-state index contributed by atoms with van der Waals surface area (Å²) in [6.07, 6.45) is 0. The number of nitrogens with one attached hydrogen (secondary N) is 1. The molecule has 0 aliphatic rings. The van der Waals surface area contributed by atoms with Crippen LogP contribution in [0, 0.1) is 0 Å². The molecule has 0 heterocycles. The van der Waals surface area contributed by atoms with Crippen LogP contribution in [0.15, 0.2) is 34.5 Å². The van der Waals surface area contributed by atoms with Crippen molar-refractivity contribution in [2.24, 2.45) is 10.2 Å².